The molecule has 2 rings (SSSR count). The lowest BCUT2D eigenvalue weighted by Gasteiger charge is -2.11. The van der Waals surface area contributed by atoms with Crippen molar-refractivity contribution < 1.29 is 8.42 Å². The van der Waals surface area contributed by atoms with E-state index in [4.69, 9.17) is 0 Å². The Kier molecular flexibility index (Phi) is 4.83. The van der Waals surface area contributed by atoms with Crippen LogP contribution in [0.4, 0.5) is 5.69 Å². The summed E-state index contributed by atoms with van der Waals surface area (Å²) in [5.41, 5.74) is 3.49. The summed E-state index contributed by atoms with van der Waals surface area (Å²) in [5.74, 6) is 0. The van der Waals surface area contributed by atoms with Crippen molar-refractivity contribution in [2.24, 2.45) is 0 Å². The van der Waals surface area contributed by atoms with Crippen LogP contribution >= 0.6 is 12.4 Å². The molecule has 0 amide bonds. The predicted molar refractivity (Wildman–Crippen MR) is 82.0 cm³/mol. The number of H-pyrrole nitrogens is 1. The Morgan fingerprint density at radius 1 is 1.15 bits per heavy atom. The van der Waals surface area contributed by atoms with Crippen LogP contribution < -0.4 is 4.72 Å². The topological polar surface area (TPSA) is 74.8 Å². The molecule has 0 aliphatic rings. The number of aromatic nitrogens is 2. The largest absolute Gasteiger partial charge is 0.281 e. The highest BCUT2D eigenvalue weighted by atomic mass is 35.5. The second-order valence-corrected chi connectivity index (χ2v) is 6.31. The molecular weight excluding hydrogens is 298 g/mol. The van der Waals surface area contributed by atoms with Gasteiger partial charge >= 0.3 is 0 Å². The normalized spacial score (nSPS) is 11.0. The number of halogens is 1. The van der Waals surface area contributed by atoms with Gasteiger partial charge < -0.3 is 0 Å². The zero-order valence-corrected chi connectivity index (χ0v) is 13.4. The maximum absolute atomic E-state index is 12.4. The van der Waals surface area contributed by atoms with E-state index >= 15 is 0 Å². The van der Waals surface area contributed by atoms with Gasteiger partial charge in [-0.25, -0.2) is 8.42 Å². The van der Waals surface area contributed by atoms with E-state index in [-0.39, 0.29) is 17.3 Å². The minimum Gasteiger partial charge on any atom is -0.281 e. The average molecular weight is 316 g/mol. The van der Waals surface area contributed by atoms with E-state index in [0.717, 1.165) is 11.1 Å². The van der Waals surface area contributed by atoms with Crippen molar-refractivity contribution in [3.05, 3.63) is 40.7 Å². The molecular formula is C13H18ClN3O2S. The van der Waals surface area contributed by atoms with Gasteiger partial charge in [-0.2, -0.15) is 5.10 Å². The maximum Gasteiger partial charge on any atom is 0.265 e. The molecule has 0 atom stereocenters. The Bertz CT molecular complexity index is 704. The van der Waals surface area contributed by atoms with E-state index in [1.165, 1.54) is 0 Å². The molecule has 0 fully saturated rings. The fourth-order valence-corrected chi connectivity index (χ4v) is 3.47. The number of anilines is 1. The molecule has 2 N–H and O–H groups in total. The molecule has 0 saturated carbocycles. The highest BCUT2D eigenvalue weighted by molar-refractivity contribution is 7.92. The van der Waals surface area contributed by atoms with Crippen molar-refractivity contribution in [3.63, 3.8) is 0 Å². The first-order chi connectivity index (χ1) is 8.81. The molecule has 0 radical (unpaired) electrons. The zero-order chi connectivity index (χ0) is 14.2. The lowest BCUT2D eigenvalue weighted by atomic mass is 10.1. The Morgan fingerprint density at radius 2 is 1.80 bits per heavy atom. The Balaban J connectivity index is 0.00000200. The van der Waals surface area contributed by atoms with Crippen LogP contribution in [0.3, 0.4) is 0 Å². The number of rotatable bonds is 3. The van der Waals surface area contributed by atoms with Crippen molar-refractivity contribution in [2.45, 2.75) is 32.6 Å². The second kappa shape index (κ2) is 5.85. The quantitative estimate of drug-likeness (QED) is 0.914. The summed E-state index contributed by atoms with van der Waals surface area (Å²) in [6.45, 7) is 7.15. The van der Waals surface area contributed by atoms with Gasteiger partial charge in [0.2, 0.25) is 0 Å². The minimum absolute atomic E-state index is 0. The van der Waals surface area contributed by atoms with E-state index in [1.807, 2.05) is 32.0 Å². The van der Waals surface area contributed by atoms with Gasteiger partial charge in [-0.15, -0.1) is 12.4 Å². The standard InChI is InChI=1S/C13H17N3O2S.ClH/c1-8-5-6-9(2)12(7-8)16-19(17,18)13-10(3)14-15-11(13)4;/h5-7,16H,1-4H3,(H,14,15);1H. The first-order valence-electron chi connectivity index (χ1n) is 5.93. The monoisotopic (exact) mass is 315 g/mol. The van der Waals surface area contributed by atoms with Crippen LogP contribution in [0.25, 0.3) is 0 Å². The Morgan fingerprint density at radius 3 is 2.35 bits per heavy atom. The summed E-state index contributed by atoms with van der Waals surface area (Å²) in [7, 11) is -3.61. The molecule has 1 heterocycles. The number of benzene rings is 1. The summed E-state index contributed by atoms with van der Waals surface area (Å²) in [4.78, 5) is 0.216. The average Bonchev–Trinajstić information content (AvgIpc) is 2.64. The summed E-state index contributed by atoms with van der Waals surface area (Å²) >= 11 is 0. The minimum atomic E-state index is -3.61. The summed E-state index contributed by atoms with van der Waals surface area (Å²) in [5, 5.41) is 6.61. The van der Waals surface area contributed by atoms with E-state index in [1.54, 1.807) is 13.8 Å². The molecule has 20 heavy (non-hydrogen) atoms. The highest BCUT2D eigenvalue weighted by Gasteiger charge is 2.22. The van der Waals surface area contributed by atoms with Crippen LogP contribution in [0.5, 0.6) is 0 Å². The molecule has 110 valence electrons. The smallest absolute Gasteiger partial charge is 0.265 e. The Labute approximate surface area is 125 Å². The van der Waals surface area contributed by atoms with Crippen LogP contribution in [0.2, 0.25) is 0 Å². The molecule has 5 nitrogen and oxygen atoms in total. The van der Waals surface area contributed by atoms with E-state index in [9.17, 15) is 8.42 Å². The molecule has 1 aromatic carbocycles. The van der Waals surface area contributed by atoms with Crippen molar-refractivity contribution in [2.75, 3.05) is 4.72 Å². The predicted octanol–water partition coefficient (Wildman–Crippen LogP) is 2.87. The van der Waals surface area contributed by atoms with E-state index in [2.05, 4.69) is 14.9 Å². The Hall–Kier alpha value is -1.53. The number of nitrogens with one attached hydrogen (secondary N) is 2. The number of hydrogen-bond donors (Lipinski definition) is 2. The van der Waals surface area contributed by atoms with Gasteiger partial charge in [0.05, 0.1) is 17.1 Å². The van der Waals surface area contributed by atoms with Crippen LogP contribution in [-0.4, -0.2) is 18.6 Å². The third kappa shape index (κ3) is 3.13. The first-order valence-corrected chi connectivity index (χ1v) is 7.41. The SMILES string of the molecule is Cc1ccc(C)c(NS(=O)(=O)c2c(C)n[nH]c2C)c1.Cl. The lowest BCUT2D eigenvalue weighted by molar-refractivity contribution is 0.600. The molecule has 0 bridgehead atoms. The first kappa shape index (κ1) is 16.5. The molecule has 0 unspecified atom stereocenters. The van der Waals surface area contributed by atoms with Gasteiger partial charge in [0.25, 0.3) is 10.0 Å². The van der Waals surface area contributed by atoms with Gasteiger partial charge in [-0.05, 0) is 44.9 Å². The lowest BCUT2D eigenvalue weighted by Crippen LogP contribution is -2.15. The third-order valence-electron chi connectivity index (χ3n) is 2.97. The van der Waals surface area contributed by atoms with Crippen LogP contribution in [-0.2, 0) is 10.0 Å². The summed E-state index contributed by atoms with van der Waals surface area (Å²) in [6, 6.07) is 5.65. The van der Waals surface area contributed by atoms with Gasteiger partial charge in [0.15, 0.2) is 0 Å². The van der Waals surface area contributed by atoms with Gasteiger partial charge in [-0.3, -0.25) is 9.82 Å². The van der Waals surface area contributed by atoms with Crippen molar-refractivity contribution in [1.82, 2.24) is 10.2 Å². The van der Waals surface area contributed by atoms with E-state index in [0.29, 0.717) is 17.1 Å². The molecule has 0 saturated heterocycles. The number of hydrogen-bond acceptors (Lipinski definition) is 3. The van der Waals surface area contributed by atoms with Crippen LogP contribution in [0.15, 0.2) is 23.1 Å². The van der Waals surface area contributed by atoms with Crippen LogP contribution in [0, 0.1) is 27.7 Å². The van der Waals surface area contributed by atoms with Crippen molar-refractivity contribution in [3.8, 4) is 0 Å². The highest BCUT2D eigenvalue weighted by Crippen LogP contribution is 2.23. The van der Waals surface area contributed by atoms with Gasteiger partial charge in [0, 0.05) is 0 Å². The van der Waals surface area contributed by atoms with Gasteiger partial charge in [-0.1, -0.05) is 12.1 Å². The van der Waals surface area contributed by atoms with Crippen molar-refractivity contribution in [1.29, 1.82) is 0 Å². The molecule has 0 spiro atoms. The summed E-state index contributed by atoms with van der Waals surface area (Å²) in [6.07, 6.45) is 0. The second-order valence-electron chi connectivity index (χ2n) is 4.69. The number of aromatic amines is 1. The van der Waals surface area contributed by atoms with Gasteiger partial charge in [0.1, 0.15) is 4.90 Å². The molecule has 0 aliphatic carbocycles. The number of sulfonamides is 1. The number of aryl methyl sites for hydroxylation is 4. The fraction of sp³-hybridized carbons (Fsp3) is 0.308. The van der Waals surface area contributed by atoms with E-state index < -0.39 is 10.0 Å². The molecule has 7 heteroatoms. The van der Waals surface area contributed by atoms with Crippen LogP contribution in [0.1, 0.15) is 22.5 Å². The maximum atomic E-state index is 12.4. The fourth-order valence-electron chi connectivity index (χ4n) is 1.98. The summed E-state index contributed by atoms with van der Waals surface area (Å²) < 4.78 is 27.4. The molecule has 0 aliphatic heterocycles. The molecule has 1 aromatic heterocycles. The third-order valence-corrected chi connectivity index (χ3v) is 4.59. The zero-order valence-electron chi connectivity index (χ0n) is 11.8. The number of nitrogens with zero attached hydrogens (tertiary/aromatic N) is 1. The molecule has 2 aromatic rings. The van der Waals surface area contributed by atoms with Crippen molar-refractivity contribution >= 4 is 28.1 Å².